The Bertz CT molecular complexity index is 1030. The number of rotatable bonds is 8. The molecule has 2 aromatic carbocycles. The van der Waals surface area contributed by atoms with E-state index in [1.165, 1.54) is 12.0 Å². The van der Waals surface area contributed by atoms with Crippen LogP contribution in [0.15, 0.2) is 59.2 Å². The lowest BCUT2D eigenvalue weighted by atomic mass is 10.1. The number of halogens is 1. The molecule has 1 aliphatic rings. The van der Waals surface area contributed by atoms with Crippen LogP contribution in [0.3, 0.4) is 0 Å². The summed E-state index contributed by atoms with van der Waals surface area (Å²) in [6.45, 7) is 4.70. The molecule has 32 heavy (non-hydrogen) atoms. The molecule has 3 aromatic rings. The predicted molar refractivity (Wildman–Crippen MR) is 124 cm³/mol. The van der Waals surface area contributed by atoms with Crippen LogP contribution in [0.1, 0.15) is 21.9 Å². The number of nitrogens with zero attached hydrogens (tertiary/aromatic N) is 3. The molecule has 0 saturated carbocycles. The van der Waals surface area contributed by atoms with Gasteiger partial charge in [-0.25, -0.2) is 4.98 Å². The summed E-state index contributed by atoms with van der Waals surface area (Å²) in [6.07, 6.45) is 2.11. The molecule has 1 saturated heterocycles. The first-order chi connectivity index (χ1) is 15.6. The highest BCUT2D eigenvalue weighted by Crippen LogP contribution is 2.20. The van der Waals surface area contributed by atoms with Crippen LogP contribution in [0.5, 0.6) is 5.75 Å². The largest absolute Gasteiger partial charge is 0.496 e. The van der Waals surface area contributed by atoms with Gasteiger partial charge in [-0.3, -0.25) is 9.69 Å². The van der Waals surface area contributed by atoms with E-state index in [0.717, 1.165) is 42.5 Å². The maximum Gasteiger partial charge on any atom is 0.273 e. The Morgan fingerprint density at radius 1 is 1.12 bits per heavy atom. The van der Waals surface area contributed by atoms with E-state index in [4.69, 9.17) is 20.8 Å². The van der Waals surface area contributed by atoms with Crippen molar-refractivity contribution in [1.29, 1.82) is 0 Å². The first-order valence-corrected chi connectivity index (χ1v) is 11.1. The Morgan fingerprint density at radius 2 is 1.88 bits per heavy atom. The third-order valence-electron chi connectivity index (χ3n) is 5.58. The van der Waals surface area contributed by atoms with E-state index in [9.17, 15) is 4.79 Å². The van der Waals surface area contributed by atoms with Crippen molar-refractivity contribution in [2.75, 3.05) is 44.7 Å². The molecular formula is C24H27ClN4O3. The Labute approximate surface area is 192 Å². The van der Waals surface area contributed by atoms with Crippen molar-refractivity contribution in [1.82, 2.24) is 15.2 Å². The SMILES string of the molecule is COc1ccccc1CCNC(=O)c1coc(CN2CCN(c3ccc(Cl)cc3)CC2)n1. The number of benzene rings is 2. The molecule has 0 aliphatic carbocycles. The van der Waals surface area contributed by atoms with Crippen LogP contribution in [-0.4, -0.2) is 55.6 Å². The number of ether oxygens (including phenoxy) is 1. The summed E-state index contributed by atoms with van der Waals surface area (Å²) in [5.74, 6) is 1.14. The third kappa shape index (κ3) is 5.60. The van der Waals surface area contributed by atoms with Gasteiger partial charge in [0.2, 0.25) is 5.89 Å². The molecule has 1 fully saturated rings. The standard InChI is InChI=1S/C24H27ClN4O3/c1-31-22-5-3-2-4-18(22)10-11-26-24(30)21-17-32-23(27-21)16-28-12-14-29(15-13-28)20-8-6-19(25)7-9-20/h2-9,17H,10-16H2,1H3,(H,26,30). The van der Waals surface area contributed by atoms with Crippen LogP contribution < -0.4 is 15.0 Å². The highest BCUT2D eigenvalue weighted by atomic mass is 35.5. The van der Waals surface area contributed by atoms with Gasteiger partial charge in [0.05, 0.1) is 13.7 Å². The second-order valence-electron chi connectivity index (χ2n) is 7.68. The van der Waals surface area contributed by atoms with E-state index in [-0.39, 0.29) is 5.91 Å². The molecule has 0 atom stereocenters. The number of methoxy groups -OCH3 is 1. The summed E-state index contributed by atoms with van der Waals surface area (Å²) in [5.41, 5.74) is 2.53. The Kier molecular flexibility index (Phi) is 7.29. The van der Waals surface area contributed by atoms with Gasteiger partial charge >= 0.3 is 0 Å². The molecule has 2 heterocycles. The number of hydrogen-bond donors (Lipinski definition) is 1. The zero-order valence-electron chi connectivity index (χ0n) is 18.1. The number of anilines is 1. The zero-order chi connectivity index (χ0) is 22.3. The monoisotopic (exact) mass is 454 g/mol. The van der Waals surface area contributed by atoms with Gasteiger partial charge in [-0.2, -0.15) is 0 Å². The lowest BCUT2D eigenvalue weighted by molar-refractivity contribution is 0.0949. The number of aromatic nitrogens is 1. The van der Waals surface area contributed by atoms with E-state index >= 15 is 0 Å². The molecule has 7 nitrogen and oxygen atoms in total. The summed E-state index contributed by atoms with van der Waals surface area (Å²) in [4.78, 5) is 21.4. The van der Waals surface area contributed by atoms with E-state index < -0.39 is 0 Å². The number of oxazole rings is 1. The van der Waals surface area contributed by atoms with Crippen molar-refractivity contribution in [2.45, 2.75) is 13.0 Å². The smallest absolute Gasteiger partial charge is 0.273 e. The molecule has 1 N–H and O–H groups in total. The van der Waals surface area contributed by atoms with Crippen molar-refractivity contribution < 1.29 is 13.9 Å². The maximum atomic E-state index is 12.4. The summed E-state index contributed by atoms with van der Waals surface area (Å²) in [6, 6.07) is 15.7. The fourth-order valence-corrected chi connectivity index (χ4v) is 3.93. The van der Waals surface area contributed by atoms with Crippen LogP contribution in [0.4, 0.5) is 5.69 Å². The van der Waals surface area contributed by atoms with Gasteiger partial charge in [-0.1, -0.05) is 29.8 Å². The van der Waals surface area contributed by atoms with Crippen LogP contribution in [0, 0.1) is 0 Å². The number of nitrogens with one attached hydrogen (secondary N) is 1. The molecule has 8 heteroatoms. The average Bonchev–Trinajstić information content (AvgIpc) is 3.29. The van der Waals surface area contributed by atoms with Crippen molar-refractivity contribution in [3.05, 3.63) is 77.0 Å². The quantitative estimate of drug-likeness (QED) is 0.560. The Morgan fingerprint density at radius 3 is 2.62 bits per heavy atom. The molecule has 0 radical (unpaired) electrons. The zero-order valence-corrected chi connectivity index (χ0v) is 18.8. The van der Waals surface area contributed by atoms with Gasteiger partial charge < -0.3 is 19.4 Å². The second kappa shape index (κ2) is 10.5. The van der Waals surface area contributed by atoms with Crippen LogP contribution in [0.25, 0.3) is 0 Å². The van der Waals surface area contributed by atoms with Gasteiger partial charge in [0.15, 0.2) is 5.69 Å². The lowest BCUT2D eigenvalue weighted by Crippen LogP contribution is -2.46. The number of hydrogen-bond acceptors (Lipinski definition) is 6. The molecule has 168 valence electrons. The van der Waals surface area contributed by atoms with Crippen molar-refractivity contribution in [2.24, 2.45) is 0 Å². The van der Waals surface area contributed by atoms with E-state index in [1.54, 1.807) is 7.11 Å². The second-order valence-corrected chi connectivity index (χ2v) is 8.12. The molecule has 0 bridgehead atoms. The lowest BCUT2D eigenvalue weighted by Gasteiger charge is -2.35. The number of carbonyl (C=O) groups is 1. The Balaban J connectivity index is 1.23. The van der Waals surface area contributed by atoms with Crippen LogP contribution in [0.2, 0.25) is 5.02 Å². The molecule has 1 aliphatic heterocycles. The summed E-state index contributed by atoms with van der Waals surface area (Å²) in [5, 5.41) is 3.64. The summed E-state index contributed by atoms with van der Waals surface area (Å²) >= 11 is 5.98. The number of piperazine rings is 1. The van der Waals surface area contributed by atoms with Gasteiger partial charge in [0.25, 0.3) is 5.91 Å². The minimum Gasteiger partial charge on any atom is -0.496 e. The van der Waals surface area contributed by atoms with Gasteiger partial charge in [-0.15, -0.1) is 0 Å². The summed E-state index contributed by atoms with van der Waals surface area (Å²) in [7, 11) is 1.64. The molecule has 0 spiro atoms. The normalized spacial score (nSPS) is 14.4. The topological polar surface area (TPSA) is 70.8 Å². The minimum atomic E-state index is -0.234. The van der Waals surface area contributed by atoms with E-state index in [0.29, 0.717) is 31.1 Å². The number of carbonyl (C=O) groups excluding carboxylic acids is 1. The highest BCUT2D eigenvalue weighted by molar-refractivity contribution is 6.30. The maximum absolute atomic E-state index is 12.4. The average molecular weight is 455 g/mol. The van der Waals surface area contributed by atoms with Crippen molar-refractivity contribution >= 4 is 23.2 Å². The fourth-order valence-electron chi connectivity index (χ4n) is 3.81. The highest BCUT2D eigenvalue weighted by Gasteiger charge is 2.20. The van der Waals surface area contributed by atoms with E-state index in [2.05, 4.69) is 20.1 Å². The Hall–Kier alpha value is -3.03. The molecule has 1 aromatic heterocycles. The molecule has 1 amide bonds. The van der Waals surface area contributed by atoms with E-state index in [1.807, 2.05) is 48.5 Å². The predicted octanol–water partition coefficient (Wildman–Crippen LogP) is 3.63. The fraction of sp³-hybridized carbons (Fsp3) is 0.333. The summed E-state index contributed by atoms with van der Waals surface area (Å²) < 4.78 is 10.9. The first-order valence-electron chi connectivity index (χ1n) is 10.7. The van der Waals surface area contributed by atoms with Crippen LogP contribution >= 0.6 is 11.6 Å². The first kappa shape index (κ1) is 22.2. The molecule has 4 rings (SSSR count). The van der Waals surface area contributed by atoms with Gasteiger partial charge in [-0.05, 0) is 42.3 Å². The third-order valence-corrected chi connectivity index (χ3v) is 5.83. The minimum absolute atomic E-state index is 0.234. The molecular weight excluding hydrogens is 428 g/mol. The number of para-hydroxylation sites is 1. The van der Waals surface area contributed by atoms with Crippen LogP contribution in [-0.2, 0) is 13.0 Å². The van der Waals surface area contributed by atoms with Gasteiger partial charge in [0, 0.05) is 43.4 Å². The van der Waals surface area contributed by atoms with Crippen molar-refractivity contribution in [3.8, 4) is 5.75 Å². The molecule has 0 unspecified atom stereocenters. The van der Waals surface area contributed by atoms with Gasteiger partial charge in [0.1, 0.15) is 12.0 Å². The van der Waals surface area contributed by atoms with Crippen molar-refractivity contribution in [3.63, 3.8) is 0 Å². The number of amides is 1.